The molecule has 2 aromatic carbocycles. The topological polar surface area (TPSA) is 78.6 Å². The zero-order valence-corrected chi connectivity index (χ0v) is 19.8. The maximum atomic E-state index is 16.0. The molecule has 1 saturated heterocycles. The van der Waals surface area contributed by atoms with E-state index in [1.54, 1.807) is 17.8 Å². The smallest absolute Gasteiger partial charge is 0.231 e. The predicted octanol–water partition coefficient (Wildman–Crippen LogP) is 4.31. The Morgan fingerprint density at radius 3 is 2.40 bits per heavy atom. The van der Waals surface area contributed by atoms with Crippen molar-refractivity contribution in [3.05, 3.63) is 95.0 Å². The molecular weight excluding hydrogens is 473 g/mol. The van der Waals surface area contributed by atoms with Crippen LogP contribution in [-0.2, 0) is 40.3 Å². The second-order valence-electron chi connectivity index (χ2n) is 8.53. The average molecular weight is 498 g/mol. The monoisotopic (exact) mass is 497 g/mol. The number of ether oxygens (including phenoxy) is 3. The molecule has 2 aromatic heterocycles. The van der Waals surface area contributed by atoms with E-state index in [-0.39, 0.29) is 23.9 Å². The van der Waals surface area contributed by atoms with Gasteiger partial charge in [-0.3, -0.25) is 0 Å². The van der Waals surface area contributed by atoms with Crippen molar-refractivity contribution in [2.24, 2.45) is 7.05 Å². The molecule has 0 radical (unpaired) electrons. The van der Waals surface area contributed by atoms with Gasteiger partial charge in [0.15, 0.2) is 11.3 Å². The predicted molar refractivity (Wildman–Crippen MR) is 128 cm³/mol. The van der Waals surface area contributed by atoms with Crippen molar-refractivity contribution in [2.75, 3.05) is 6.61 Å². The minimum absolute atomic E-state index is 0.0254. The van der Waals surface area contributed by atoms with E-state index in [9.17, 15) is 5.11 Å². The number of alkyl halides is 1. The fraction of sp³-hybridized carbons (Fsp3) is 0.308. The Kier molecular flexibility index (Phi) is 6.82. The highest BCUT2D eigenvalue weighted by Crippen LogP contribution is 2.44. The van der Waals surface area contributed by atoms with Crippen LogP contribution in [0.1, 0.15) is 16.7 Å². The van der Waals surface area contributed by atoms with Gasteiger partial charge in [-0.15, -0.1) is 0 Å². The summed E-state index contributed by atoms with van der Waals surface area (Å²) in [5.74, 6) is -2.31. The molecule has 0 saturated carbocycles. The first-order valence-electron chi connectivity index (χ1n) is 11.2. The molecule has 4 aromatic rings. The number of halogens is 2. The van der Waals surface area contributed by atoms with Crippen molar-refractivity contribution < 1.29 is 23.7 Å². The zero-order chi connectivity index (χ0) is 24.4. The Hall–Kier alpha value is -2.88. The van der Waals surface area contributed by atoms with Gasteiger partial charge in [0.2, 0.25) is 5.79 Å². The summed E-state index contributed by atoms with van der Waals surface area (Å²) in [5.41, 5.74) is 2.79. The van der Waals surface area contributed by atoms with E-state index in [0.29, 0.717) is 17.6 Å². The molecule has 0 bridgehead atoms. The van der Waals surface area contributed by atoms with Gasteiger partial charge in [-0.1, -0.05) is 72.3 Å². The van der Waals surface area contributed by atoms with Crippen LogP contribution < -0.4 is 0 Å². The Labute approximate surface area is 207 Å². The molecule has 1 N–H and O–H groups in total. The molecule has 0 aliphatic carbocycles. The molecule has 7 nitrogen and oxygen atoms in total. The van der Waals surface area contributed by atoms with E-state index in [0.717, 1.165) is 11.1 Å². The number of nitrogens with zero attached hydrogens (tertiary/aromatic N) is 3. The minimum atomic E-state index is -2.31. The summed E-state index contributed by atoms with van der Waals surface area (Å²) >= 11 is 6.23. The number of fused-ring (bicyclic) bond motifs is 1. The first-order valence-corrected chi connectivity index (χ1v) is 11.6. The summed E-state index contributed by atoms with van der Waals surface area (Å²) in [7, 11) is 1.72. The summed E-state index contributed by atoms with van der Waals surface area (Å²) in [4.78, 5) is 8.22. The molecule has 0 spiro atoms. The lowest BCUT2D eigenvalue weighted by Gasteiger charge is -2.24. The van der Waals surface area contributed by atoms with E-state index < -0.39 is 24.2 Å². The third kappa shape index (κ3) is 4.68. The standard InChI is InChI=1S/C26H25ClFN3O4/c1-31-12-19(21-22(31)25(27)30-16-29-21)26(32)24(28)23(34-14-18-10-6-3-7-11-18)20(35-26)15-33-13-17-8-4-2-5-9-17/h2-12,16,20,23-24,32H,13-15H2,1H3/t20-,23-,24-,26+/m1/s1. The van der Waals surface area contributed by atoms with Crippen LogP contribution in [0.25, 0.3) is 11.0 Å². The van der Waals surface area contributed by atoms with Crippen LogP contribution in [0.5, 0.6) is 0 Å². The Bertz CT molecular complexity index is 1290. The normalized spacial score (nSPS) is 24.3. The first-order chi connectivity index (χ1) is 17.0. The van der Waals surface area contributed by atoms with Gasteiger partial charge in [0.25, 0.3) is 0 Å². The summed E-state index contributed by atoms with van der Waals surface area (Å²) in [6.07, 6.45) is -1.03. The number of hydrogen-bond donors (Lipinski definition) is 1. The molecule has 1 fully saturated rings. The van der Waals surface area contributed by atoms with Crippen LogP contribution in [0.2, 0.25) is 5.15 Å². The molecule has 35 heavy (non-hydrogen) atoms. The lowest BCUT2D eigenvalue weighted by atomic mass is 10.00. The number of aryl methyl sites for hydroxylation is 1. The van der Waals surface area contributed by atoms with Gasteiger partial charge < -0.3 is 23.9 Å². The van der Waals surface area contributed by atoms with E-state index in [2.05, 4.69) is 9.97 Å². The van der Waals surface area contributed by atoms with Gasteiger partial charge in [-0.2, -0.15) is 0 Å². The van der Waals surface area contributed by atoms with Crippen LogP contribution in [0, 0.1) is 0 Å². The highest BCUT2D eigenvalue weighted by Gasteiger charge is 2.58. The molecule has 4 atom stereocenters. The third-order valence-electron chi connectivity index (χ3n) is 6.13. The largest absolute Gasteiger partial charge is 0.374 e. The van der Waals surface area contributed by atoms with Crippen molar-refractivity contribution in [1.29, 1.82) is 0 Å². The minimum Gasteiger partial charge on any atom is -0.374 e. The Balaban J connectivity index is 1.42. The molecule has 0 amide bonds. The quantitative estimate of drug-likeness (QED) is 0.366. The van der Waals surface area contributed by atoms with Crippen LogP contribution in [-0.4, -0.2) is 44.6 Å². The summed E-state index contributed by atoms with van der Waals surface area (Å²) in [5, 5.41) is 11.7. The molecule has 0 unspecified atom stereocenters. The van der Waals surface area contributed by atoms with Gasteiger partial charge in [0, 0.05) is 13.2 Å². The fourth-order valence-corrected chi connectivity index (χ4v) is 4.66. The fourth-order valence-electron chi connectivity index (χ4n) is 4.39. The molecule has 1 aliphatic heterocycles. The van der Waals surface area contributed by atoms with Crippen molar-refractivity contribution >= 4 is 22.6 Å². The Morgan fingerprint density at radius 1 is 1.06 bits per heavy atom. The van der Waals surface area contributed by atoms with Crippen LogP contribution >= 0.6 is 11.6 Å². The third-order valence-corrected chi connectivity index (χ3v) is 6.41. The van der Waals surface area contributed by atoms with Gasteiger partial charge >= 0.3 is 0 Å². The maximum Gasteiger partial charge on any atom is 0.231 e. The van der Waals surface area contributed by atoms with E-state index >= 15 is 4.39 Å². The van der Waals surface area contributed by atoms with E-state index in [1.165, 1.54) is 6.33 Å². The molecular formula is C26H25ClFN3O4. The molecule has 1 aliphatic rings. The Morgan fingerprint density at radius 2 is 1.71 bits per heavy atom. The number of aliphatic hydroxyl groups is 1. The average Bonchev–Trinajstić information content (AvgIpc) is 3.34. The lowest BCUT2D eigenvalue weighted by molar-refractivity contribution is -0.228. The van der Waals surface area contributed by atoms with E-state index in [1.807, 2.05) is 60.7 Å². The molecule has 5 rings (SSSR count). The highest BCUT2D eigenvalue weighted by molar-refractivity contribution is 6.33. The summed E-state index contributed by atoms with van der Waals surface area (Å²) in [6.45, 7) is 0.500. The van der Waals surface area contributed by atoms with Crippen LogP contribution in [0.15, 0.2) is 73.2 Å². The SMILES string of the molecule is Cn1cc([C@]2(O)O[C@H](COCc3ccccc3)[C@@H](OCc3ccccc3)[C@H]2F)c2ncnc(Cl)c21. The number of benzene rings is 2. The van der Waals surface area contributed by atoms with Crippen LogP contribution in [0.4, 0.5) is 4.39 Å². The molecule has 9 heteroatoms. The van der Waals surface area contributed by atoms with Crippen molar-refractivity contribution in [1.82, 2.24) is 14.5 Å². The summed E-state index contributed by atoms with van der Waals surface area (Å²) in [6, 6.07) is 19.1. The van der Waals surface area contributed by atoms with Crippen molar-refractivity contribution in [2.45, 2.75) is 37.4 Å². The van der Waals surface area contributed by atoms with E-state index in [4.69, 9.17) is 25.8 Å². The number of aromatic nitrogens is 3. The first kappa shape index (κ1) is 23.8. The van der Waals surface area contributed by atoms with Crippen molar-refractivity contribution in [3.8, 4) is 0 Å². The second kappa shape index (κ2) is 10.0. The number of hydrogen-bond acceptors (Lipinski definition) is 6. The van der Waals surface area contributed by atoms with Crippen LogP contribution in [0.3, 0.4) is 0 Å². The van der Waals surface area contributed by atoms with Crippen molar-refractivity contribution in [3.63, 3.8) is 0 Å². The number of rotatable bonds is 8. The van der Waals surface area contributed by atoms with Gasteiger partial charge in [0.05, 0.1) is 25.4 Å². The second-order valence-corrected chi connectivity index (χ2v) is 8.89. The lowest BCUT2D eigenvalue weighted by Crippen LogP contribution is -2.39. The van der Waals surface area contributed by atoms with Gasteiger partial charge in [-0.05, 0) is 11.1 Å². The maximum absolute atomic E-state index is 16.0. The zero-order valence-electron chi connectivity index (χ0n) is 19.1. The molecule has 3 heterocycles. The molecule has 182 valence electrons. The summed E-state index contributed by atoms with van der Waals surface area (Å²) < 4.78 is 35.4. The highest BCUT2D eigenvalue weighted by atomic mass is 35.5. The van der Waals surface area contributed by atoms with Gasteiger partial charge in [-0.25, -0.2) is 14.4 Å². The van der Waals surface area contributed by atoms with Gasteiger partial charge in [0.1, 0.15) is 29.6 Å².